The summed E-state index contributed by atoms with van der Waals surface area (Å²) in [6.45, 7) is 7.69. The van der Waals surface area contributed by atoms with E-state index in [0.717, 1.165) is 5.56 Å². The molecule has 0 spiro atoms. The Hall–Kier alpha value is -3.35. The molecular formula is C23H27N2O5-. The standard InChI is InChI=1S/C23H28N2O5/c1-14(24-21(28)16-7-9-17(10-8-16)23(2,3)4)20(27)25-19(22(29)30)13-15-5-11-18(26)12-6-15/h5-12,14,19,26H,13H2,1-4H3,(H,24,28)(H,25,27)(H,29,30)/p-1/t14-,19-/m0/s1. The zero-order chi connectivity index (χ0) is 22.5. The van der Waals surface area contributed by atoms with Gasteiger partial charge in [-0.2, -0.15) is 0 Å². The van der Waals surface area contributed by atoms with Gasteiger partial charge in [-0.15, -0.1) is 0 Å². The molecule has 0 unspecified atom stereocenters. The third-order valence-electron chi connectivity index (χ3n) is 4.73. The second-order valence-corrected chi connectivity index (χ2v) is 8.27. The fourth-order valence-corrected chi connectivity index (χ4v) is 2.82. The fraction of sp³-hybridized carbons (Fsp3) is 0.348. The normalized spacial score (nSPS) is 13.2. The summed E-state index contributed by atoms with van der Waals surface area (Å²) in [6, 6.07) is 10.9. The second-order valence-electron chi connectivity index (χ2n) is 8.27. The van der Waals surface area contributed by atoms with E-state index in [1.807, 2.05) is 12.1 Å². The molecule has 0 aliphatic carbocycles. The first kappa shape index (κ1) is 22.9. The van der Waals surface area contributed by atoms with Crippen molar-refractivity contribution in [1.29, 1.82) is 0 Å². The highest BCUT2D eigenvalue weighted by molar-refractivity contribution is 5.98. The number of carbonyl (C=O) groups excluding carboxylic acids is 3. The molecule has 2 aromatic carbocycles. The molecule has 0 radical (unpaired) electrons. The number of carboxylic acid groups (broad SMARTS) is 1. The minimum atomic E-state index is -1.44. The monoisotopic (exact) mass is 411 g/mol. The van der Waals surface area contributed by atoms with Gasteiger partial charge in [0.15, 0.2) is 0 Å². The number of hydrogen-bond acceptors (Lipinski definition) is 5. The van der Waals surface area contributed by atoms with Crippen molar-refractivity contribution >= 4 is 17.8 Å². The predicted molar refractivity (Wildman–Crippen MR) is 111 cm³/mol. The van der Waals surface area contributed by atoms with Crippen LogP contribution < -0.4 is 15.7 Å². The van der Waals surface area contributed by atoms with E-state index < -0.39 is 29.9 Å². The molecule has 2 amide bonds. The number of aliphatic carboxylic acids is 1. The number of phenolic OH excluding ortho intramolecular Hbond substituents is 1. The minimum Gasteiger partial charge on any atom is -0.548 e. The van der Waals surface area contributed by atoms with Gasteiger partial charge in [0.2, 0.25) is 5.91 Å². The van der Waals surface area contributed by atoms with Crippen LogP contribution in [0.4, 0.5) is 0 Å². The van der Waals surface area contributed by atoms with Crippen molar-refractivity contribution in [2.45, 2.75) is 51.6 Å². The molecule has 0 heterocycles. The quantitative estimate of drug-likeness (QED) is 0.634. The molecule has 2 aromatic rings. The molecule has 0 aromatic heterocycles. The molecule has 0 aliphatic rings. The first-order chi connectivity index (χ1) is 14.0. The molecule has 0 aliphatic heterocycles. The molecular weight excluding hydrogens is 384 g/mol. The zero-order valence-electron chi connectivity index (χ0n) is 17.6. The van der Waals surface area contributed by atoms with Crippen LogP contribution >= 0.6 is 0 Å². The molecule has 160 valence electrons. The van der Waals surface area contributed by atoms with Crippen molar-refractivity contribution in [2.75, 3.05) is 0 Å². The SMILES string of the molecule is C[C@H](NC(=O)c1ccc(C(C)(C)C)cc1)C(=O)N[C@@H](Cc1ccc(O)cc1)C(=O)[O-]. The van der Waals surface area contributed by atoms with E-state index in [2.05, 4.69) is 31.4 Å². The van der Waals surface area contributed by atoms with Gasteiger partial charge < -0.3 is 25.6 Å². The Morgan fingerprint density at radius 1 is 0.967 bits per heavy atom. The van der Waals surface area contributed by atoms with Crippen LogP contribution in [0.25, 0.3) is 0 Å². The predicted octanol–water partition coefficient (Wildman–Crippen LogP) is 1.29. The van der Waals surface area contributed by atoms with Crippen molar-refractivity contribution in [1.82, 2.24) is 10.6 Å². The van der Waals surface area contributed by atoms with Crippen molar-refractivity contribution in [3.05, 3.63) is 65.2 Å². The summed E-state index contributed by atoms with van der Waals surface area (Å²) in [5.74, 6) is -2.45. The van der Waals surface area contributed by atoms with E-state index >= 15 is 0 Å². The van der Waals surface area contributed by atoms with Gasteiger partial charge in [0.1, 0.15) is 11.8 Å². The molecule has 30 heavy (non-hydrogen) atoms. The first-order valence-corrected chi connectivity index (χ1v) is 9.68. The van der Waals surface area contributed by atoms with Gasteiger partial charge >= 0.3 is 0 Å². The number of phenols is 1. The average Bonchev–Trinajstić information content (AvgIpc) is 2.68. The van der Waals surface area contributed by atoms with Crippen LogP contribution in [0.5, 0.6) is 5.75 Å². The number of amides is 2. The average molecular weight is 411 g/mol. The van der Waals surface area contributed by atoms with Crippen LogP contribution in [0.3, 0.4) is 0 Å². The number of benzene rings is 2. The van der Waals surface area contributed by atoms with E-state index in [1.54, 1.807) is 24.3 Å². The Morgan fingerprint density at radius 3 is 2.03 bits per heavy atom. The lowest BCUT2D eigenvalue weighted by molar-refractivity contribution is -0.308. The van der Waals surface area contributed by atoms with Gasteiger partial charge in [-0.1, -0.05) is 45.0 Å². The van der Waals surface area contributed by atoms with Gasteiger partial charge in [-0.05, 0) is 54.2 Å². The van der Waals surface area contributed by atoms with E-state index in [4.69, 9.17) is 0 Å². The number of rotatable bonds is 7. The number of nitrogens with one attached hydrogen (secondary N) is 2. The maximum Gasteiger partial charge on any atom is 0.251 e. The van der Waals surface area contributed by atoms with Crippen LogP contribution in [0.2, 0.25) is 0 Å². The lowest BCUT2D eigenvalue weighted by Crippen LogP contribution is -2.54. The first-order valence-electron chi connectivity index (χ1n) is 9.68. The maximum atomic E-state index is 12.4. The number of carboxylic acids is 1. The van der Waals surface area contributed by atoms with Gasteiger partial charge in [0.25, 0.3) is 5.91 Å². The summed E-state index contributed by atoms with van der Waals surface area (Å²) in [5.41, 5.74) is 2.05. The van der Waals surface area contributed by atoms with Gasteiger partial charge in [-0.3, -0.25) is 9.59 Å². The maximum absolute atomic E-state index is 12.4. The lowest BCUT2D eigenvalue weighted by atomic mass is 9.86. The summed E-state index contributed by atoms with van der Waals surface area (Å²) in [5, 5.41) is 25.7. The topological polar surface area (TPSA) is 119 Å². The van der Waals surface area contributed by atoms with Crippen LogP contribution in [0, 0.1) is 0 Å². The Balaban J connectivity index is 1.98. The highest BCUT2D eigenvalue weighted by Gasteiger charge is 2.21. The molecule has 0 bridgehead atoms. The summed E-state index contributed by atoms with van der Waals surface area (Å²) in [4.78, 5) is 36.2. The third-order valence-corrected chi connectivity index (χ3v) is 4.73. The van der Waals surface area contributed by atoms with Crippen LogP contribution in [-0.2, 0) is 21.4 Å². The molecule has 2 atom stereocenters. The van der Waals surface area contributed by atoms with Gasteiger partial charge in [-0.25, -0.2) is 0 Å². The molecule has 0 saturated carbocycles. The second kappa shape index (κ2) is 9.43. The summed E-state index contributed by atoms with van der Waals surface area (Å²) in [7, 11) is 0. The lowest BCUT2D eigenvalue weighted by Gasteiger charge is -2.23. The van der Waals surface area contributed by atoms with Crippen molar-refractivity contribution in [3.8, 4) is 5.75 Å². The van der Waals surface area contributed by atoms with E-state index in [9.17, 15) is 24.6 Å². The van der Waals surface area contributed by atoms with Crippen molar-refractivity contribution < 1.29 is 24.6 Å². The molecule has 2 rings (SSSR count). The van der Waals surface area contributed by atoms with Gasteiger partial charge in [0, 0.05) is 5.56 Å². The Kier molecular flexibility index (Phi) is 7.21. The Bertz CT molecular complexity index is 899. The Morgan fingerprint density at radius 2 is 1.53 bits per heavy atom. The number of carbonyl (C=O) groups is 3. The molecule has 7 heteroatoms. The summed E-state index contributed by atoms with van der Waals surface area (Å²) < 4.78 is 0. The minimum absolute atomic E-state index is 0.0106. The van der Waals surface area contributed by atoms with E-state index in [1.165, 1.54) is 19.1 Å². The summed E-state index contributed by atoms with van der Waals surface area (Å²) in [6.07, 6.45) is -0.0106. The Labute approximate surface area is 176 Å². The largest absolute Gasteiger partial charge is 0.548 e. The highest BCUT2D eigenvalue weighted by atomic mass is 16.4. The molecule has 7 nitrogen and oxygen atoms in total. The van der Waals surface area contributed by atoms with Gasteiger partial charge in [0.05, 0.1) is 12.0 Å². The van der Waals surface area contributed by atoms with E-state index in [0.29, 0.717) is 11.1 Å². The molecule has 3 N–H and O–H groups in total. The zero-order valence-corrected chi connectivity index (χ0v) is 17.6. The van der Waals surface area contributed by atoms with Crippen LogP contribution in [0.15, 0.2) is 48.5 Å². The van der Waals surface area contributed by atoms with Crippen LogP contribution in [-0.4, -0.2) is 35.0 Å². The van der Waals surface area contributed by atoms with Crippen molar-refractivity contribution in [2.24, 2.45) is 0 Å². The molecule has 0 saturated heterocycles. The number of aromatic hydroxyl groups is 1. The fourth-order valence-electron chi connectivity index (χ4n) is 2.82. The number of hydrogen-bond donors (Lipinski definition) is 3. The summed E-state index contributed by atoms with van der Waals surface area (Å²) >= 11 is 0. The van der Waals surface area contributed by atoms with E-state index in [-0.39, 0.29) is 17.6 Å². The third kappa shape index (κ3) is 6.34. The highest BCUT2D eigenvalue weighted by Crippen LogP contribution is 2.22. The van der Waals surface area contributed by atoms with Crippen LogP contribution in [0.1, 0.15) is 49.2 Å². The smallest absolute Gasteiger partial charge is 0.251 e. The molecule has 0 fully saturated rings. The van der Waals surface area contributed by atoms with Crippen molar-refractivity contribution in [3.63, 3.8) is 0 Å².